The summed E-state index contributed by atoms with van der Waals surface area (Å²) in [5.74, 6) is 2.66. The molecule has 1 heterocycles. The molecule has 0 aliphatic rings. The number of imidazole rings is 1. The van der Waals surface area contributed by atoms with Gasteiger partial charge in [-0.3, -0.25) is 0 Å². The number of ether oxygens (including phenoxy) is 2. The molecule has 142 valence electrons. The Balaban J connectivity index is 1.51. The van der Waals surface area contributed by atoms with E-state index in [1.165, 1.54) is 0 Å². The zero-order valence-corrected chi connectivity index (χ0v) is 17.2. The molecule has 0 saturated heterocycles. The molecule has 0 atom stereocenters. The number of para-hydroxylation sites is 2. The molecule has 0 unspecified atom stereocenters. The van der Waals surface area contributed by atoms with Gasteiger partial charge in [0.25, 0.3) is 0 Å². The SMILES string of the molecule is COc1ccc(OCCCn2c(-c3cccc(Br)c3)nc3ccccc32)cc1. The van der Waals surface area contributed by atoms with Gasteiger partial charge in [-0.2, -0.15) is 0 Å². The maximum Gasteiger partial charge on any atom is 0.141 e. The molecule has 1 aromatic heterocycles. The van der Waals surface area contributed by atoms with E-state index < -0.39 is 0 Å². The van der Waals surface area contributed by atoms with Crippen LogP contribution in [0.2, 0.25) is 0 Å². The smallest absolute Gasteiger partial charge is 0.141 e. The van der Waals surface area contributed by atoms with Gasteiger partial charge >= 0.3 is 0 Å². The molecule has 0 saturated carbocycles. The highest BCUT2D eigenvalue weighted by molar-refractivity contribution is 9.10. The monoisotopic (exact) mass is 436 g/mol. The van der Waals surface area contributed by atoms with Crippen LogP contribution in [0.5, 0.6) is 11.5 Å². The van der Waals surface area contributed by atoms with Crippen LogP contribution in [0.1, 0.15) is 6.42 Å². The first kappa shape index (κ1) is 18.6. The zero-order valence-electron chi connectivity index (χ0n) is 15.6. The predicted octanol–water partition coefficient (Wildman–Crippen LogP) is 5.94. The van der Waals surface area contributed by atoms with Gasteiger partial charge in [0.2, 0.25) is 0 Å². The van der Waals surface area contributed by atoms with E-state index in [2.05, 4.69) is 50.8 Å². The van der Waals surface area contributed by atoms with Crippen molar-refractivity contribution in [2.75, 3.05) is 13.7 Å². The summed E-state index contributed by atoms with van der Waals surface area (Å²) < 4.78 is 14.4. The van der Waals surface area contributed by atoms with E-state index in [1.807, 2.05) is 42.5 Å². The number of fused-ring (bicyclic) bond motifs is 1. The van der Waals surface area contributed by atoms with E-state index in [0.29, 0.717) is 6.61 Å². The van der Waals surface area contributed by atoms with Crippen molar-refractivity contribution in [1.82, 2.24) is 9.55 Å². The molecule has 0 aliphatic carbocycles. The summed E-state index contributed by atoms with van der Waals surface area (Å²) in [6, 6.07) is 24.2. The lowest BCUT2D eigenvalue weighted by Crippen LogP contribution is -2.06. The van der Waals surface area contributed by atoms with Crippen molar-refractivity contribution >= 4 is 27.0 Å². The fourth-order valence-electron chi connectivity index (χ4n) is 3.23. The summed E-state index contributed by atoms with van der Waals surface area (Å²) in [6.45, 7) is 1.47. The molecule has 3 aromatic carbocycles. The highest BCUT2D eigenvalue weighted by atomic mass is 79.9. The first-order chi connectivity index (χ1) is 13.7. The number of rotatable bonds is 7. The van der Waals surface area contributed by atoms with Crippen LogP contribution in [-0.2, 0) is 6.54 Å². The van der Waals surface area contributed by atoms with Crippen molar-refractivity contribution in [2.24, 2.45) is 0 Å². The lowest BCUT2D eigenvalue weighted by molar-refractivity contribution is 0.302. The third kappa shape index (κ3) is 4.04. The normalized spacial score (nSPS) is 10.9. The van der Waals surface area contributed by atoms with Crippen LogP contribution < -0.4 is 9.47 Å². The first-order valence-electron chi connectivity index (χ1n) is 9.22. The van der Waals surface area contributed by atoms with Crippen LogP contribution in [0, 0.1) is 0 Å². The van der Waals surface area contributed by atoms with Crippen molar-refractivity contribution in [1.29, 1.82) is 0 Å². The third-order valence-electron chi connectivity index (χ3n) is 4.59. The minimum atomic E-state index is 0.636. The number of benzene rings is 3. The van der Waals surface area contributed by atoms with Crippen LogP contribution in [-0.4, -0.2) is 23.3 Å². The molecule has 28 heavy (non-hydrogen) atoms. The highest BCUT2D eigenvalue weighted by Gasteiger charge is 2.12. The second-order valence-electron chi connectivity index (χ2n) is 6.46. The average Bonchev–Trinajstić information content (AvgIpc) is 3.10. The summed E-state index contributed by atoms with van der Waals surface area (Å²) in [7, 11) is 1.66. The van der Waals surface area contributed by atoms with E-state index in [9.17, 15) is 0 Å². The van der Waals surface area contributed by atoms with Gasteiger partial charge in [-0.05, 0) is 55.0 Å². The molecule has 4 aromatic rings. The number of hydrogen-bond acceptors (Lipinski definition) is 3. The Morgan fingerprint density at radius 2 is 1.71 bits per heavy atom. The van der Waals surface area contributed by atoms with E-state index in [-0.39, 0.29) is 0 Å². The summed E-state index contributed by atoms with van der Waals surface area (Å²) in [6.07, 6.45) is 0.882. The number of hydrogen-bond donors (Lipinski definition) is 0. The van der Waals surface area contributed by atoms with Crippen molar-refractivity contribution in [3.63, 3.8) is 0 Å². The van der Waals surface area contributed by atoms with Crippen molar-refractivity contribution in [3.8, 4) is 22.9 Å². The lowest BCUT2D eigenvalue weighted by atomic mass is 10.2. The topological polar surface area (TPSA) is 36.3 Å². The number of aromatic nitrogens is 2. The first-order valence-corrected chi connectivity index (χ1v) is 10.0. The third-order valence-corrected chi connectivity index (χ3v) is 5.08. The van der Waals surface area contributed by atoms with Crippen LogP contribution in [0.25, 0.3) is 22.4 Å². The maximum absolute atomic E-state index is 5.88. The van der Waals surface area contributed by atoms with Gasteiger partial charge in [0.1, 0.15) is 17.3 Å². The molecule has 5 heteroatoms. The number of methoxy groups -OCH3 is 1. The lowest BCUT2D eigenvalue weighted by Gasteiger charge is -2.11. The molecular weight excluding hydrogens is 416 g/mol. The zero-order chi connectivity index (χ0) is 19.3. The van der Waals surface area contributed by atoms with Gasteiger partial charge in [0.15, 0.2) is 0 Å². The summed E-state index contributed by atoms with van der Waals surface area (Å²) >= 11 is 3.56. The quantitative estimate of drug-likeness (QED) is 0.336. The fraction of sp³-hybridized carbons (Fsp3) is 0.174. The fourth-order valence-corrected chi connectivity index (χ4v) is 3.63. The molecule has 0 N–H and O–H groups in total. The molecule has 4 rings (SSSR count). The molecule has 4 nitrogen and oxygen atoms in total. The Morgan fingerprint density at radius 3 is 2.50 bits per heavy atom. The van der Waals surface area contributed by atoms with Crippen molar-refractivity contribution in [3.05, 3.63) is 77.3 Å². The highest BCUT2D eigenvalue weighted by Crippen LogP contribution is 2.27. The van der Waals surface area contributed by atoms with Crippen molar-refractivity contribution in [2.45, 2.75) is 13.0 Å². The molecule has 0 radical (unpaired) electrons. The summed E-state index contributed by atoms with van der Waals surface area (Å²) in [5.41, 5.74) is 3.25. The minimum absolute atomic E-state index is 0.636. The van der Waals surface area contributed by atoms with Gasteiger partial charge in [0.05, 0.1) is 24.8 Å². The molecule has 0 amide bonds. The Kier molecular flexibility index (Phi) is 5.63. The maximum atomic E-state index is 5.88. The summed E-state index contributed by atoms with van der Waals surface area (Å²) in [5, 5.41) is 0. The molecule has 0 spiro atoms. The Morgan fingerprint density at radius 1 is 0.929 bits per heavy atom. The molecule has 0 aliphatic heterocycles. The molecule has 0 fully saturated rings. The molecular formula is C23H21BrN2O2. The largest absolute Gasteiger partial charge is 0.497 e. The van der Waals surface area contributed by atoms with E-state index in [0.717, 1.165) is 51.4 Å². The number of nitrogens with zero attached hydrogens (tertiary/aromatic N) is 2. The van der Waals surface area contributed by atoms with E-state index in [4.69, 9.17) is 14.5 Å². The Hall–Kier alpha value is -2.79. The van der Waals surface area contributed by atoms with Gasteiger partial charge in [-0.25, -0.2) is 4.98 Å². The van der Waals surface area contributed by atoms with Crippen molar-refractivity contribution < 1.29 is 9.47 Å². The average molecular weight is 437 g/mol. The predicted molar refractivity (Wildman–Crippen MR) is 116 cm³/mol. The van der Waals surface area contributed by atoms with Crippen LogP contribution in [0.4, 0.5) is 0 Å². The van der Waals surface area contributed by atoms with Crippen LogP contribution >= 0.6 is 15.9 Å². The Bertz CT molecular complexity index is 1070. The van der Waals surface area contributed by atoms with Gasteiger partial charge in [-0.1, -0.05) is 40.2 Å². The van der Waals surface area contributed by atoms with Crippen LogP contribution in [0.3, 0.4) is 0 Å². The van der Waals surface area contributed by atoms with Crippen LogP contribution in [0.15, 0.2) is 77.3 Å². The van der Waals surface area contributed by atoms with Gasteiger partial charge in [0, 0.05) is 16.6 Å². The van der Waals surface area contributed by atoms with Gasteiger partial charge in [-0.15, -0.1) is 0 Å². The number of halogens is 1. The second kappa shape index (κ2) is 8.48. The van der Waals surface area contributed by atoms with Gasteiger partial charge < -0.3 is 14.0 Å². The van der Waals surface area contributed by atoms with E-state index in [1.54, 1.807) is 7.11 Å². The molecule has 0 bridgehead atoms. The van der Waals surface area contributed by atoms with E-state index >= 15 is 0 Å². The second-order valence-corrected chi connectivity index (χ2v) is 7.38. The Labute approximate surface area is 172 Å². The number of aryl methyl sites for hydroxylation is 1. The minimum Gasteiger partial charge on any atom is -0.497 e. The standard InChI is InChI=1S/C23H21BrN2O2/c1-27-19-10-12-20(13-11-19)28-15-5-14-26-22-9-3-2-8-21(22)25-23(26)17-6-4-7-18(24)16-17/h2-4,6-13,16H,5,14-15H2,1H3. The summed E-state index contributed by atoms with van der Waals surface area (Å²) in [4.78, 5) is 4.87.